The van der Waals surface area contributed by atoms with Gasteiger partial charge in [0.05, 0.1) is 19.8 Å². The van der Waals surface area contributed by atoms with E-state index in [1.165, 1.54) is 7.11 Å². The number of hydrogen-bond acceptors (Lipinski definition) is 4. The van der Waals surface area contributed by atoms with Crippen molar-refractivity contribution in [3.63, 3.8) is 0 Å². The summed E-state index contributed by atoms with van der Waals surface area (Å²) in [6.45, 7) is 6.52. The van der Waals surface area contributed by atoms with Crippen LogP contribution in [0.4, 0.5) is 0 Å². The molecule has 0 unspecified atom stereocenters. The molecular weight excluding hydrogens is 206 g/mol. The summed E-state index contributed by atoms with van der Waals surface area (Å²) in [5.41, 5.74) is 0. The molecule has 1 rings (SSSR count). The molecule has 0 N–H and O–H groups in total. The van der Waals surface area contributed by atoms with Crippen molar-refractivity contribution in [2.75, 3.05) is 26.8 Å². The van der Waals surface area contributed by atoms with Crippen LogP contribution in [0.25, 0.3) is 0 Å². The smallest absolute Gasteiger partial charge is 0.323 e. The molecule has 4 nitrogen and oxygen atoms in total. The molecule has 4 heteroatoms. The molecular formula is C12H23NO3. The molecule has 1 aliphatic heterocycles. The summed E-state index contributed by atoms with van der Waals surface area (Å²) in [7, 11) is 1.46. The number of esters is 1. The molecule has 94 valence electrons. The number of nitrogens with zero attached hydrogens (tertiary/aromatic N) is 1. The minimum atomic E-state index is -0.107. The van der Waals surface area contributed by atoms with Gasteiger partial charge in [-0.1, -0.05) is 6.42 Å². The number of hydrogen-bond donors (Lipinski definition) is 0. The Morgan fingerprint density at radius 1 is 1.44 bits per heavy atom. The maximum absolute atomic E-state index is 11.6. The molecule has 0 spiro atoms. The van der Waals surface area contributed by atoms with Crippen molar-refractivity contribution in [1.82, 2.24) is 4.90 Å². The number of likely N-dealkylation sites (tertiary alicyclic amines) is 1. The van der Waals surface area contributed by atoms with Crippen LogP contribution in [-0.4, -0.2) is 49.8 Å². The van der Waals surface area contributed by atoms with Gasteiger partial charge in [0.1, 0.15) is 6.04 Å². The first-order valence-electron chi connectivity index (χ1n) is 6.08. The summed E-state index contributed by atoms with van der Waals surface area (Å²) < 4.78 is 10.3. The van der Waals surface area contributed by atoms with Gasteiger partial charge in [0, 0.05) is 6.54 Å². The standard InChI is InChI=1S/C12H23NO3/c1-10(2)16-9-8-13-7-5-4-6-11(13)12(14)15-3/h10-11H,4-9H2,1-3H3/t11-/m1/s1. The van der Waals surface area contributed by atoms with Crippen molar-refractivity contribution < 1.29 is 14.3 Å². The van der Waals surface area contributed by atoms with E-state index in [0.717, 1.165) is 32.4 Å². The van der Waals surface area contributed by atoms with Crippen molar-refractivity contribution in [1.29, 1.82) is 0 Å². The summed E-state index contributed by atoms with van der Waals surface area (Å²) in [4.78, 5) is 13.7. The van der Waals surface area contributed by atoms with E-state index in [-0.39, 0.29) is 18.1 Å². The Morgan fingerprint density at radius 2 is 2.19 bits per heavy atom. The number of rotatable bonds is 5. The van der Waals surface area contributed by atoms with Crippen molar-refractivity contribution in [2.45, 2.75) is 45.3 Å². The third kappa shape index (κ3) is 4.10. The maximum atomic E-state index is 11.6. The largest absolute Gasteiger partial charge is 0.468 e. The van der Waals surface area contributed by atoms with Gasteiger partial charge in [-0.3, -0.25) is 9.69 Å². The van der Waals surface area contributed by atoms with E-state index in [9.17, 15) is 4.79 Å². The predicted octanol–water partition coefficient (Wildman–Crippen LogP) is 1.44. The monoisotopic (exact) mass is 229 g/mol. The van der Waals surface area contributed by atoms with Gasteiger partial charge >= 0.3 is 5.97 Å². The van der Waals surface area contributed by atoms with E-state index < -0.39 is 0 Å². The predicted molar refractivity (Wildman–Crippen MR) is 62.3 cm³/mol. The highest BCUT2D eigenvalue weighted by Crippen LogP contribution is 2.17. The molecule has 1 saturated heterocycles. The first kappa shape index (κ1) is 13.5. The van der Waals surface area contributed by atoms with E-state index in [0.29, 0.717) is 6.61 Å². The van der Waals surface area contributed by atoms with Crippen molar-refractivity contribution in [3.8, 4) is 0 Å². The number of methoxy groups -OCH3 is 1. The van der Waals surface area contributed by atoms with Crippen molar-refractivity contribution in [2.24, 2.45) is 0 Å². The molecule has 0 aromatic rings. The maximum Gasteiger partial charge on any atom is 0.323 e. The Labute approximate surface area is 97.9 Å². The lowest BCUT2D eigenvalue weighted by atomic mass is 10.0. The van der Waals surface area contributed by atoms with Crippen LogP contribution >= 0.6 is 0 Å². The molecule has 0 amide bonds. The quantitative estimate of drug-likeness (QED) is 0.669. The summed E-state index contributed by atoms with van der Waals surface area (Å²) in [5.74, 6) is -0.107. The molecule has 0 saturated carbocycles. The highest BCUT2D eigenvalue weighted by Gasteiger charge is 2.28. The fourth-order valence-corrected chi connectivity index (χ4v) is 2.07. The normalized spacial score (nSPS) is 22.4. The average molecular weight is 229 g/mol. The van der Waals surface area contributed by atoms with E-state index in [1.807, 2.05) is 13.8 Å². The zero-order valence-electron chi connectivity index (χ0n) is 10.6. The van der Waals surface area contributed by atoms with E-state index in [2.05, 4.69) is 4.90 Å². The summed E-state index contributed by atoms with van der Waals surface area (Å²) in [6, 6.07) is -0.0606. The minimum Gasteiger partial charge on any atom is -0.468 e. The Kier molecular flexibility index (Phi) is 5.77. The van der Waals surface area contributed by atoms with Gasteiger partial charge in [-0.05, 0) is 33.2 Å². The van der Waals surface area contributed by atoms with E-state index in [1.54, 1.807) is 0 Å². The van der Waals surface area contributed by atoms with Crippen molar-refractivity contribution in [3.05, 3.63) is 0 Å². The first-order chi connectivity index (χ1) is 7.65. The number of carbonyl (C=O) groups is 1. The zero-order chi connectivity index (χ0) is 12.0. The van der Waals surface area contributed by atoms with Crippen LogP contribution < -0.4 is 0 Å². The molecule has 1 aliphatic rings. The number of carbonyl (C=O) groups excluding carboxylic acids is 1. The fraction of sp³-hybridized carbons (Fsp3) is 0.917. The molecule has 0 aromatic carbocycles. The van der Waals surface area contributed by atoms with Gasteiger partial charge in [-0.2, -0.15) is 0 Å². The number of ether oxygens (including phenoxy) is 2. The molecule has 0 aliphatic carbocycles. The Hall–Kier alpha value is -0.610. The average Bonchev–Trinajstić information content (AvgIpc) is 2.28. The second-order valence-corrected chi connectivity index (χ2v) is 4.49. The van der Waals surface area contributed by atoms with Crippen LogP contribution in [-0.2, 0) is 14.3 Å². The molecule has 1 fully saturated rings. The van der Waals surface area contributed by atoms with Gasteiger partial charge in [0.2, 0.25) is 0 Å². The Bertz CT molecular complexity index is 218. The second-order valence-electron chi connectivity index (χ2n) is 4.49. The van der Waals surface area contributed by atoms with E-state index in [4.69, 9.17) is 9.47 Å². The Morgan fingerprint density at radius 3 is 2.81 bits per heavy atom. The molecule has 1 atom stereocenters. The molecule has 1 heterocycles. The third-order valence-electron chi connectivity index (χ3n) is 2.92. The highest BCUT2D eigenvalue weighted by molar-refractivity contribution is 5.75. The summed E-state index contributed by atoms with van der Waals surface area (Å²) >= 11 is 0. The van der Waals surface area contributed by atoms with Gasteiger partial charge < -0.3 is 9.47 Å². The summed E-state index contributed by atoms with van der Waals surface area (Å²) in [6.07, 6.45) is 3.44. The number of piperidine rings is 1. The van der Waals surface area contributed by atoms with Crippen molar-refractivity contribution >= 4 is 5.97 Å². The van der Waals surface area contributed by atoms with Gasteiger partial charge in [-0.15, -0.1) is 0 Å². The third-order valence-corrected chi connectivity index (χ3v) is 2.92. The lowest BCUT2D eigenvalue weighted by Gasteiger charge is -2.33. The molecule has 0 bridgehead atoms. The summed E-state index contributed by atoms with van der Waals surface area (Å²) in [5, 5.41) is 0. The van der Waals surface area contributed by atoms with E-state index >= 15 is 0 Å². The molecule has 16 heavy (non-hydrogen) atoms. The fourth-order valence-electron chi connectivity index (χ4n) is 2.07. The zero-order valence-corrected chi connectivity index (χ0v) is 10.6. The SMILES string of the molecule is COC(=O)[C@H]1CCCCN1CCOC(C)C. The first-order valence-corrected chi connectivity index (χ1v) is 6.08. The lowest BCUT2D eigenvalue weighted by Crippen LogP contribution is -2.46. The van der Waals surface area contributed by atoms with Gasteiger partial charge in [0.25, 0.3) is 0 Å². The van der Waals surface area contributed by atoms with Crippen LogP contribution in [0.3, 0.4) is 0 Å². The van der Waals surface area contributed by atoms with Crippen LogP contribution in [0.2, 0.25) is 0 Å². The van der Waals surface area contributed by atoms with Gasteiger partial charge in [-0.25, -0.2) is 0 Å². The van der Waals surface area contributed by atoms with Crippen LogP contribution in [0.15, 0.2) is 0 Å². The topological polar surface area (TPSA) is 38.8 Å². The van der Waals surface area contributed by atoms with Crippen LogP contribution in [0, 0.1) is 0 Å². The molecule has 0 aromatic heterocycles. The minimum absolute atomic E-state index is 0.0606. The molecule has 0 radical (unpaired) electrons. The second kappa shape index (κ2) is 6.86. The van der Waals surface area contributed by atoms with Crippen LogP contribution in [0.5, 0.6) is 0 Å². The highest BCUT2D eigenvalue weighted by atomic mass is 16.5. The Balaban J connectivity index is 2.38. The lowest BCUT2D eigenvalue weighted by molar-refractivity contribution is -0.148. The van der Waals surface area contributed by atoms with Gasteiger partial charge in [0.15, 0.2) is 0 Å². The van der Waals surface area contributed by atoms with Crippen LogP contribution in [0.1, 0.15) is 33.1 Å².